The fourth-order valence-corrected chi connectivity index (χ4v) is 2.75. The molecule has 6 nitrogen and oxygen atoms in total. The third-order valence-corrected chi connectivity index (χ3v) is 3.98. The van der Waals surface area contributed by atoms with Gasteiger partial charge in [0, 0.05) is 6.42 Å². The molecule has 1 atom stereocenters. The number of nitrogens with one attached hydrogen (secondary N) is 2. The highest BCUT2D eigenvalue weighted by Crippen LogP contribution is 2.21. The van der Waals surface area contributed by atoms with Gasteiger partial charge in [0.1, 0.15) is 23.1 Å². The first kappa shape index (κ1) is 16.9. The number of hydrogen-bond acceptors (Lipinski definition) is 5. The van der Waals surface area contributed by atoms with E-state index in [-0.39, 0.29) is 11.9 Å². The van der Waals surface area contributed by atoms with Crippen LogP contribution in [-0.2, 0) is 11.2 Å². The number of thiocarbonyl (C=S) groups is 1. The van der Waals surface area contributed by atoms with Crippen LogP contribution in [0.4, 0.5) is 0 Å². The smallest absolute Gasteiger partial charge is 0.347 e. The first-order chi connectivity index (χ1) is 12.1. The van der Waals surface area contributed by atoms with Crippen LogP contribution in [0, 0.1) is 0 Å². The van der Waals surface area contributed by atoms with E-state index in [4.69, 9.17) is 21.7 Å². The zero-order chi connectivity index (χ0) is 17.8. The van der Waals surface area contributed by atoms with E-state index in [9.17, 15) is 9.59 Å². The maximum Gasteiger partial charge on any atom is 0.347 e. The number of benzene rings is 2. The van der Waals surface area contributed by atoms with Crippen molar-refractivity contribution >= 4 is 29.2 Å². The SMILES string of the molecule is COc1ccccc1C(=O)Oc1ccc(CC2NC(=S)NC2=O)cc1. The third-order valence-electron chi connectivity index (χ3n) is 3.76. The summed E-state index contributed by atoms with van der Waals surface area (Å²) in [6, 6.07) is 13.5. The second-order valence-electron chi connectivity index (χ2n) is 5.45. The lowest BCUT2D eigenvalue weighted by Gasteiger charge is -2.10. The Bertz CT molecular complexity index is 820. The van der Waals surface area contributed by atoms with Crippen LogP contribution in [0.15, 0.2) is 48.5 Å². The second-order valence-corrected chi connectivity index (χ2v) is 5.86. The van der Waals surface area contributed by atoms with Crippen molar-refractivity contribution in [2.24, 2.45) is 0 Å². The summed E-state index contributed by atoms with van der Waals surface area (Å²) in [6.07, 6.45) is 0.493. The Labute approximate surface area is 150 Å². The Kier molecular flexibility index (Phi) is 4.95. The molecule has 1 unspecified atom stereocenters. The van der Waals surface area contributed by atoms with E-state index in [0.29, 0.717) is 28.6 Å². The van der Waals surface area contributed by atoms with Gasteiger partial charge >= 0.3 is 5.97 Å². The monoisotopic (exact) mass is 356 g/mol. The number of carbonyl (C=O) groups excluding carboxylic acids is 2. The summed E-state index contributed by atoms with van der Waals surface area (Å²) >= 11 is 4.91. The van der Waals surface area contributed by atoms with Gasteiger partial charge in [-0.05, 0) is 42.0 Å². The van der Waals surface area contributed by atoms with Crippen molar-refractivity contribution in [3.8, 4) is 11.5 Å². The highest BCUT2D eigenvalue weighted by atomic mass is 32.1. The summed E-state index contributed by atoms with van der Waals surface area (Å²) in [6.45, 7) is 0. The average molecular weight is 356 g/mol. The zero-order valence-electron chi connectivity index (χ0n) is 13.4. The lowest BCUT2D eigenvalue weighted by molar-refractivity contribution is -0.120. The standard InChI is InChI=1S/C18H16N2O4S/c1-23-15-5-3-2-4-13(15)17(22)24-12-8-6-11(7-9-12)10-14-16(21)20-18(25)19-14/h2-9,14H,10H2,1H3,(H2,19,20,21,25). The van der Waals surface area contributed by atoms with Crippen LogP contribution in [0.5, 0.6) is 11.5 Å². The van der Waals surface area contributed by atoms with Crippen LogP contribution in [-0.4, -0.2) is 30.1 Å². The van der Waals surface area contributed by atoms with Gasteiger partial charge in [-0.1, -0.05) is 24.3 Å². The van der Waals surface area contributed by atoms with Crippen molar-refractivity contribution in [1.82, 2.24) is 10.6 Å². The van der Waals surface area contributed by atoms with E-state index >= 15 is 0 Å². The summed E-state index contributed by atoms with van der Waals surface area (Å²) in [4.78, 5) is 23.9. The van der Waals surface area contributed by atoms with Gasteiger partial charge in [-0.3, -0.25) is 4.79 Å². The molecule has 3 rings (SSSR count). The summed E-state index contributed by atoms with van der Waals surface area (Å²) in [5, 5.41) is 5.80. The highest BCUT2D eigenvalue weighted by molar-refractivity contribution is 7.80. The van der Waals surface area contributed by atoms with E-state index in [1.807, 2.05) is 0 Å². The van der Waals surface area contributed by atoms with E-state index in [1.54, 1.807) is 48.5 Å². The van der Waals surface area contributed by atoms with Crippen LogP contribution < -0.4 is 20.1 Å². The average Bonchev–Trinajstić information content (AvgIpc) is 2.93. The van der Waals surface area contributed by atoms with Crippen LogP contribution >= 0.6 is 12.2 Å². The van der Waals surface area contributed by atoms with Crippen molar-refractivity contribution in [3.05, 3.63) is 59.7 Å². The number of amides is 1. The molecule has 0 aromatic heterocycles. The molecule has 1 fully saturated rings. The minimum absolute atomic E-state index is 0.142. The molecule has 0 radical (unpaired) electrons. The predicted octanol–water partition coefficient (Wildman–Crippen LogP) is 1.83. The van der Waals surface area contributed by atoms with E-state index in [0.717, 1.165) is 5.56 Å². The fourth-order valence-electron chi connectivity index (χ4n) is 2.51. The molecule has 2 aromatic carbocycles. The topological polar surface area (TPSA) is 76.7 Å². The molecule has 1 saturated heterocycles. The molecule has 7 heteroatoms. The second kappa shape index (κ2) is 7.31. The lowest BCUT2D eigenvalue weighted by atomic mass is 10.1. The van der Waals surface area contributed by atoms with Gasteiger partial charge in [0.05, 0.1) is 7.11 Å². The third kappa shape index (κ3) is 3.95. The number of para-hydroxylation sites is 1. The molecular formula is C18H16N2O4S. The summed E-state index contributed by atoms with van der Waals surface area (Å²) in [5.41, 5.74) is 1.28. The van der Waals surface area contributed by atoms with Crippen molar-refractivity contribution < 1.29 is 19.1 Å². The van der Waals surface area contributed by atoms with Crippen LogP contribution in [0.3, 0.4) is 0 Å². The molecular weight excluding hydrogens is 340 g/mol. The maximum atomic E-state index is 12.3. The van der Waals surface area contributed by atoms with Gasteiger partial charge in [0.15, 0.2) is 5.11 Å². The Hall–Kier alpha value is -2.93. The first-order valence-corrected chi connectivity index (χ1v) is 8.03. The lowest BCUT2D eigenvalue weighted by Crippen LogP contribution is -2.30. The number of esters is 1. The van der Waals surface area contributed by atoms with E-state index < -0.39 is 5.97 Å². The minimum Gasteiger partial charge on any atom is -0.496 e. The highest BCUT2D eigenvalue weighted by Gasteiger charge is 2.27. The summed E-state index contributed by atoms with van der Waals surface area (Å²) in [5.74, 6) is 0.237. The minimum atomic E-state index is -0.493. The van der Waals surface area contributed by atoms with E-state index in [1.165, 1.54) is 7.11 Å². The van der Waals surface area contributed by atoms with Gasteiger partial charge in [-0.2, -0.15) is 0 Å². The molecule has 0 saturated carbocycles. The molecule has 1 heterocycles. The van der Waals surface area contributed by atoms with Gasteiger partial charge in [0.2, 0.25) is 5.91 Å². The molecule has 2 aromatic rings. The van der Waals surface area contributed by atoms with Gasteiger partial charge in [-0.15, -0.1) is 0 Å². The molecule has 128 valence electrons. The number of carbonyl (C=O) groups is 2. The van der Waals surface area contributed by atoms with Crippen LogP contribution in [0.2, 0.25) is 0 Å². The van der Waals surface area contributed by atoms with E-state index in [2.05, 4.69) is 10.6 Å². The fraction of sp³-hybridized carbons (Fsp3) is 0.167. The number of ether oxygens (including phenoxy) is 2. The molecule has 0 spiro atoms. The molecule has 1 aliphatic heterocycles. The van der Waals surface area contributed by atoms with Gasteiger partial charge < -0.3 is 20.1 Å². The van der Waals surface area contributed by atoms with Crippen LogP contribution in [0.25, 0.3) is 0 Å². The maximum absolute atomic E-state index is 12.3. The number of hydrogen-bond donors (Lipinski definition) is 2. The Balaban J connectivity index is 1.65. The normalized spacial score (nSPS) is 16.1. The van der Waals surface area contributed by atoms with Crippen molar-refractivity contribution in [2.45, 2.75) is 12.5 Å². The van der Waals surface area contributed by atoms with Crippen LogP contribution in [0.1, 0.15) is 15.9 Å². The summed E-state index contributed by atoms with van der Waals surface area (Å²) < 4.78 is 10.5. The molecule has 25 heavy (non-hydrogen) atoms. The molecule has 2 N–H and O–H groups in total. The van der Waals surface area contributed by atoms with Crippen molar-refractivity contribution in [1.29, 1.82) is 0 Å². The number of rotatable bonds is 5. The van der Waals surface area contributed by atoms with Crippen molar-refractivity contribution in [2.75, 3.05) is 7.11 Å². The molecule has 0 aliphatic carbocycles. The first-order valence-electron chi connectivity index (χ1n) is 7.62. The Morgan fingerprint density at radius 3 is 2.52 bits per heavy atom. The molecule has 1 aliphatic rings. The zero-order valence-corrected chi connectivity index (χ0v) is 14.3. The summed E-state index contributed by atoms with van der Waals surface area (Å²) in [7, 11) is 1.50. The van der Waals surface area contributed by atoms with Gasteiger partial charge in [-0.25, -0.2) is 4.79 Å². The quantitative estimate of drug-likeness (QED) is 0.484. The molecule has 0 bridgehead atoms. The predicted molar refractivity (Wildman–Crippen MR) is 95.8 cm³/mol. The molecule has 1 amide bonds. The Morgan fingerprint density at radius 1 is 1.16 bits per heavy atom. The largest absolute Gasteiger partial charge is 0.496 e. The number of methoxy groups -OCH3 is 1. The Morgan fingerprint density at radius 2 is 1.88 bits per heavy atom. The van der Waals surface area contributed by atoms with Crippen molar-refractivity contribution in [3.63, 3.8) is 0 Å². The van der Waals surface area contributed by atoms with Gasteiger partial charge in [0.25, 0.3) is 0 Å².